The average molecular weight is 265 g/mol. The van der Waals surface area contributed by atoms with Crippen LogP contribution in [-0.2, 0) is 16.1 Å². The Labute approximate surface area is 115 Å². The summed E-state index contributed by atoms with van der Waals surface area (Å²) in [6.45, 7) is 4.92. The van der Waals surface area contributed by atoms with E-state index in [4.69, 9.17) is 9.47 Å². The summed E-state index contributed by atoms with van der Waals surface area (Å²) >= 11 is 0. The Kier molecular flexibility index (Phi) is 6.36. The van der Waals surface area contributed by atoms with Gasteiger partial charge in [-0.25, -0.2) is 0 Å². The summed E-state index contributed by atoms with van der Waals surface area (Å²) in [5.74, 6) is 0.672. The Bertz CT molecular complexity index is 406. The molecule has 0 radical (unpaired) electrons. The minimum atomic E-state index is -0.203. The first-order chi connectivity index (χ1) is 9.12. The molecular formula is C15H23NO3. The van der Waals surface area contributed by atoms with Crippen molar-refractivity contribution in [3.8, 4) is 5.75 Å². The van der Waals surface area contributed by atoms with Crippen LogP contribution in [0.15, 0.2) is 24.3 Å². The molecule has 1 aromatic carbocycles. The molecule has 0 aliphatic carbocycles. The maximum atomic E-state index is 11.8. The van der Waals surface area contributed by atoms with Gasteiger partial charge in [0.2, 0.25) is 0 Å². The number of ether oxygens (including phenoxy) is 2. The van der Waals surface area contributed by atoms with Crippen molar-refractivity contribution in [1.82, 2.24) is 4.90 Å². The predicted molar refractivity (Wildman–Crippen MR) is 75.2 cm³/mol. The van der Waals surface area contributed by atoms with Crippen LogP contribution in [0.1, 0.15) is 25.8 Å². The molecule has 0 spiro atoms. The van der Waals surface area contributed by atoms with E-state index in [0.29, 0.717) is 13.2 Å². The number of nitrogens with zero attached hydrogens (tertiary/aromatic N) is 1. The highest BCUT2D eigenvalue weighted by Crippen LogP contribution is 2.16. The van der Waals surface area contributed by atoms with Crippen molar-refractivity contribution in [2.45, 2.75) is 32.9 Å². The van der Waals surface area contributed by atoms with Crippen molar-refractivity contribution in [1.29, 1.82) is 0 Å². The van der Waals surface area contributed by atoms with Gasteiger partial charge < -0.3 is 9.47 Å². The second kappa shape index (κ2) is 7.79. The lowest BCUT2D eigenvalue weighted by molar-refractivity contribution is -0.149. The molecule has 0 aliphatic rings. The standard InChI is InChI=1S/C15H23NO3/c1-5-14(15(17)19-6-2)16(3)11-12-8-7-9-13(10-12)18-4/h7-10,14H,5-6,11H2,1-4H3. The van der Waals surface area contributed by atoms with E-state index in [-0.39, 0.29) is 12.0 Å². The summed E-state index contributed by atoms with van der Waals surface area (Å²) in [5.41, 5.74) is 1.12. The number of hydrogen-bond donors (Lipinski definition) is 0. The molecule has 4 nitrogen and oxygen atoms in total. The molecule has 1 atom stereocenters. The molecule has 0 aliphatic heterocycles. The zero-order chi connectivity index (χ0) is 14.3. The van der Waals surface area contributed by atoms with Gasteiger partial charge in [-0.15, -0.1) is 0 Å². The van der Waals surface area contributed by atoms with Gasteiger partial charge in [0.15, 0.2) is 0 Å². The second-order valence-electron chi connectivity index (χ2n) is 4.44. The molecule has 1 unspecified atom stereocenters. The fraction of sp³-hybridized carbons (Fsp3) is 0.533. The van der Waals surface area contributed by atoms with E-state index in [1.54, 1.807) is 7.11 Å². The number of esters is 1. The van der Waals surface area contributed by atoms with E-state index in [1.807, 2.05) is 50.1 Å². The summed E-state index contributed by atoms with van der Waals surface area (Å²) in [7, 11) is 3.58. The van der Waals surface area contributed by atoms with Crippen molar-refractivity contribution in [3.63, 3.8) is 0 Å². The van der Waals surface area contributed by atoms with Crippen LogP contribution in [-0.4, -0.2) is 37.7 Å². The lowest BCUT2D eigenvalue weighted by Gasteiger charge is -2.25. The van der Waals surface area contributed by atoms with Crippen LogP contribution in [0.25, 0.3) is 0 Å². The third-order valence-corrected chi connectivity index (χ3v) is 3.04. The molecule has 0 heterocycles. The van der Waals surface area contributed by atoms with Gasteiger partial charge >= 0.3 is 5.97 Å². The number of carbonyl (C=O) groups excluding carboxylic acids is 1. The molecule has 4 heteroatoms. The van der Waals surface area contributed by atoms with Crippen LogP contribution >= 0.6 is 0 Å². The fourth-order valence-corrected chi connectivity index (χ4v) is 2.07. The van der Waals surface area contributed by atoms with Crippen LogP contribution in [0.3, 0.4) is 0 Å². The number of benzene rings is 1. The summed E-state index contributed by atoms with van der Waals surface area (Å²) in [4.78, 5) is 13.8. The zero-order valence-corrected chi connectivity index (χ0v) is 12.2. The zero-order valence-electron chi connectivity index (χ0n) is 12.2. The topological polar surface area (TPSA) is 38.8 Å². The van der Waals surface area contributed by atoms with Crippen LogP contribution < -0.4 is 4.74 Å². The van der Waals surface area contributed by atoms with Crippen LogP contribution in [0.5, 0.6) is 5.75 Å². The molecule has 106 valence electrons. The van der Waals surface area contributed by atoms with Gasteiger partial charge in [0.05, 0.1) is 13.7 Å². The first kappa shape index (κ1) is 15.5. The number of carbonyl (C=O) groups is 1. The monoisotopic (exact) mass is 265 g/mol. The molecule has 1 aromatic rings. The van der Waals surface area contributed by atoms with Gasteiger partial charge in [0.25, 0.3) is 0 Å². The summed E-state index contributed by atoms with van der Waals surface area (Å²) < 4.78 is 10.3. The van der Waals surface area contributed by atoms with E-state index in [2.05, 4.69) is 0 Å². The SMILES string of the molecule is CCOC(=O)C(CC)N(C)Cc1cccc(OC)c1. The summed E-state index contributed by atoms with van der Waals surface area (Å²) in [6, 6.07) is 7.66. The van der Waals surface area contributed by atoms with Gasteiger partial charge in [0.1, 0.15) is 11.8 Å². The fourth-order valence-electron chi connectivity index (χ4n) is 2.07. The third kappa shape index (κ3) is 4.56. The summed E-state index contributed by atoms with van der Waals surface area (Å²) in [6.07, 6.45) is 0.735. The Morgan fingerprint density at radius 2 is 2.11 bits per heavy atom. The molecule has 0 aromatic heterocycles. The largest absolute Gasteiger partial charge is 0.497 e. The van der Waals surface area contributed by atoms with Crippen molar-refractivity contribution in [3.05, 3.63) is 29.8 Å². The average Bonchev–Trinajstić information content (AvgIpc) is 2.40. The van der Waals surface area contributed by atoms with Crippen molar-refractivity contribution < 1.29 is 14.3 Å². The molecule has 0 amide bonds. The van der Waals surface area contributed by atoms with E-state index in [9.17, 15) is 4.79 Å². The van der Waals surface area contributed by atoms with Crippen LogP contribution in [0.2, 0.25) is 0 Å². The Morgan fingerprint density at radius 3 is 2.68 bits per heavy atom. The van der Waals surface area contributed by atoms with Crippen LogP contribution in [0.4, 0.5) is 0 Å². The van der Waals surface area contributed by atoms with Gasteiger partial charge in [-0.2, -0.15) is 0 Å². The smallest absolute Gasteiger partial charge is 0.323 e. The number of likely N-dealkylation sites (N-methyl/N-ethyl adjacent to an activating group) is 1. The Morgan fingerprint density at radius 1 is 1.37 bits per heavy atom. The van der Waals surface area contributed by atoms with Crippen molar-refractivity contribution in [2.24, 2.45) is 0 Å². The lowest BCUT2D eigenvalue weighted by Crippen LogP contribution is -2.38. The Balaban J connectivity index is 2.70. The minimum absolute atomic E-state index is 0.157. The molecular weight excluding hydrogens is 242 g/mol. The van der Waals surface area contributed by atoms with Gasteiger partial charge in [-0.1, -0.05) is 19.1 Å². The highest BCUT2D eigenvalue weighted by Gasteiger charge is 2.22. The molecule has 0 saturated heterocycles. The number of rotatable bonds is 7. The van der Waals surface area contributed by atoms with Crippen LogP contribution in [0, 0.1) is 0 Å². The number of methoxy groups -OCH3 is 1. The van der Waals surface area contributed by atoms with Gasteiger partial charge in [-0.05, 0) is 38.1 Å². The molecule has 0 bridgehead atoms. The molecule has 0 N–H and O–H groups in total. The maximum absolute atomic E-state index is 11.8. The van der Waals surface area contributed by atoms with E-state index in [0.717, 1.165) is 17.7 Å². The van der Waals surface area contributed by atoms with Crippen molar-refractivity contribution >= 4 is 5.97 Å². The second-order valence-corrected chi connectivity index (χ2v) is 4.44. The van der Waals surface area contributed by atoms with E-state index >= 15 is 0 Å². The number of hydrogen-bond acceptors (Lipinski definition) is 4. The lowest BCUT2D eigenvalue weighted by atomic mass is 10.1. The van der Waals surface area contributed by atoms with Gasteiger partial charge in [0, 0.05) is 6.54 Å². The Hall–Kier alpha value is -1.55. The quantitative estimate of drug-likeness (QED) is 0.710. The molecule has 0 fully saturated rings. The maximum Gasteiger partial charge on any atom is 0.323 e. The molecule has 1 rings (SSSR count). The molecule has 19 heavy (non-hydrogen) atoms. The van der Waals surface area contributed by atoms with E-state index < -0.39 is 0 Å². The minimum Gasteiger partial charge on any atom is -0.497 e. The first-order valence-electron chi connectivity index (χ1n) is 6.62. The third-order valence-electron chi connectivity index (χ3n) is 3.04. The van der Waals surface area contributed by atoms with Crippen molar-refractivity contribution in [2.75, 3.05) is 20.8 Å². The molecule has 0 saturated carbocycles. The highest BCUT2D eigenvalue weighted by atomic mass is 16.5. The first-order valence-corrected chi connectivity index (χ1v) is 6.62. The predicted octanol–water partition coefficient (Wildman–Crippen LogP) is 2.47. The van der Waals surface area contributed by atoms with Gasteiger partial charge in [-0.3, -0.25) is 9.69 Å². The van der Waals surface area contributed by atoms with E-state index in [1.165, 1.54) is 0 Å². The summed E-state index contributed by atoms with van der Waals surface area (Å²) in [5, 5.41) is 0. The highest BCUT2D eigenvalue weighted by molar-refractivity contribution is 5.75. The normalized spacial score (nSPS) is 12.3.